The molecule has 3 aromatic rings. The van der Waals surface area contributed by atoms with E-state index >= 15 is 0 Å². The van der Waals surface area contributed by atoms with Crippen molar-refractivity contribution >= 4 is 9.84 Å². The minimum absolute atomic E-state index is 0.0950. The van der Waals surface area contributed by atoms with Crippen LogP contribution in [0.2, 0.25) is 0 Å². The van der Waals surface area contributed by atoms with E-state index in [0.29, 0.717) is 18.8 Å². The average molecular weight is 367 g/mol. The van der Waals surface area contributed by atoms with Gasteiger partial charge >= 0.3 is 0 Å². The van der Waals surface area contributed by atoms with Crippen LogP contribution in [0.5, 0.6) is 0 Å². The van der Waals surface area contributed by atoms with Crippen molar-refractivity contribution in [2.24, 2.45) is 0 Å². The molecule has 0 spiro atoms. The third kappa shape index (κ3) is 3.70. The van der Waals surface area contributed by atoms with E-state index in [0.717, 1.165) is 23.4 Å². The van der Waals surface area contributed by atoms with Crippen molar-refractivity contribution in [1.29, 1.82) is 0 Å². The van der Waals surface area contributed by atoms with Gasteiger partial charge in [-0.3, -0.25) is 0 Å². The SMILES string of the molecule is O=S1(=O)CCC[C@@H](c2nc(-c3ccccc3)nn2Cc2ccccc2)C1. The second-order valence-corrected chi connectivity index (χ2v) is 8.99. The van der Waals surface area contributed by atoms with E-state index in [1.807, 2.05) is 65.3 Å². The molecule has 1 saturated heterocycles. The van der Waals surface area contributed by atoms with Crippen molar-refractivity contribution in [2.45, 2.75) is 25.3 Å². The highest BCUT2D eigenvalue weighted by Gasteiger charge is 2.30. The standard InChI is InChI=1S/C20H21N3O2S/c24-26(25)13-7-12-18(15-26)20-21-19(17-10-5-2-6-11-17)22-23(20)14-16-8-3-1-4-9-16/h1-6,8-11,18H,7,12-15H2/t18-/m1/s1. The highest BCUT2D eigenvalue weighted by atomic mass is 32.2. The maximum Gasteiger partial charge on any atom is 0.181 e. The van der Waals surface area contributed by atoms with Gasteiger partial charge in [0.05, 0.1) is 18.1 Å². The van der Waals surface area contributed by atoms with E-state index in [4.69, 9.17) is 10.1 Å². The van der Waals surface area contributed by atoms with Crippen molar-refractivity contribution < 1.29 is 8.42 Å². The van der Waals surface area contributed by atoms with E-state index in [1.54, 1.807) is 0 Å². The summed E-state index contributed by atoms with van der Waals surface area (Å²) in [5.41, 5.74) is 2.07. The second-order valence-electron chi connectivity index (χ2n) is 6.76. The number of aromatic nitrogens is 3. The molecule has 0 N–H and O–H groups in total. The molecule has 0 amide bonds. The fourth-order valence-corrected chi connectivity index (χ4v) is 5.17. The topological polar surface area (TPSA) is 64.8 Å². The van der Waals surface area contributed by atoms with Crippen LogP contribution in [-0.2, 0) is 16.4 Å². The first-order valence-electron chi connectivity index (χ1n) is 8.85. The van der Waals surface area contributed by atoms with Gasteiger partial charge in [0.25, 0.3) is 0 Å². The molecular formula is C20H21N3O2S. The van der Waals surface area contributed by atoms with Crippen LogP contribution in [0.1, 0.15) is 30.1 Å². The molecule has 2 heterocycles. The molecule has 1 aliphatic rings. The number of benzene rings is 2. The van der Waals surface area contributed by atoms with Crippen LogP contribution in [0, 0.1) is 0 Å². The largest absolute Gasteiger partial charge is 0.245 e. The van der Waals surface area contributed by atoms with Gasteiger partial charge in [-0.1, -0.05) is 60.7 Å². The molecule has 0 saturated carbocycles. The van der Waals surface area contributed by atoms with Gasteiger partial charge in [-0.25, -0.2) is 18.1 Å². The summed E-state index contributed by atoms with van der Waals surface area (Å²) in [6.07, 6.45) is 1.52. The molecule has 6 heteroatoms. The Hall–Kier alpha value is -2.47. The first kappa shape index (κ1) is 17.0. The van der Waals surface area contributed by atoms with Crippen molar-refractivity contribution in [1.82, 2.24) is 14.8 Å². The smallest absolute Gasteiger partial charge is 0.181 e. The van der Waals surface area contributed by atoms with E-state index in [1.165, 1.54) is 0 Å². The minimum atomic E-state index is -3.01. The first-order valence-corrected chi connectivity index (χ1v) is 10.7. The van der Waals surface area contributed by atoms with Gasteiger partial charge in [0.1, 0.15) is 5.82 Å². The van der Waals surface area contributed by atoms with Gasteiger partial charge in [0.2, 0.25) is 0 Å². The molecular weight excluding hydrogens is 346 g/mol. The zero-order chi connectivity index (χ0) is 18.0. The normalized spacial score (nSPS) is 19.3. The fraction of sp³-hybridized carbons (Fsp3) is 0.300. The number of rotatable bonds is 4. The lowest BCUT2D eigenvalue weighted by Crippen LogP contribution is -2.26. The summed E-state index contributed by atoms with van der Waals surface area (Å²) in [5.74, 6) is 1.77. The minimum Gasteiger partial charge on any atom is -0.245 e. The molecule has 134 valence electrons. The molecule has 1 aliphatic heterocycles. The Bertz CT molecular complexity index is 982. The summed E-state index contributed by atoms with van der Waals surface area (Å²) >= 11 is 0. The average Bonchev–Trinajstić information content (AvgIpc) is 3.06. The molecule has 4 rings (SSSR count). The van der Waals surface area contributed by atoms with Crippen LogP contribution in [0.4, 0.5) is 0 Å². The van der Waals surface area contributed by atoms with Crippen molar-refractivity contribution in [2.75, 3.05) is 11.5 Å². The van der Waals surface area contributed by atoms with Crippen LogP contribution in [0.15, 0.2) is 60.7 Å². The third-order valence-corrected chi connectivity index (χ3v) is 6.56. The van der Waals surface area contributed by atoms with Crippen LogP contribution in [0.3, 0.4) is 0 Å². The number of hydrogen-bond acceptors (Lipinski definition) is 4. The van der Waals surface area contributed by atoms with Gasteiger partial charge in [0, 0.05) is 11.5 Å². The van der Waals surface area contributed by atoms with E-state index in [-0.39, 0.29) is 17.4 Å². The molecule has 0 aliphatic carbocycles. The Morgan fingerprint density at radius 3 is 2.38 bits per heavy atom. The predicted molar refractivity (Wildman–Crippen MR) is 102 cm³/mol. The highest BCUT2D eigenvalue weighted by molar-refractivity contribution is 7.91. The van der Waals surface area contributed by atoms with Crippen LogP contribution in [0.25, 0.3) is 11.4 Å². The Labute approximate surface area is 153 Å². The van der Waals surface area contributed by atoms with Gasteiger partial charge in [-0.15, -0.1) is 0 Å². The maximum atomic E-state index is 12.1. The molecule has 1 aromatic heterocycles. The summed E-state index contributed by atoms with van der Waals surface area (Å²) in [7, 11) is -3.01. The van der Waals surface area contributed by atoms with Gasteiger partial charge in [0.15, 0.2) is 15.7 Å². The molecule has 1 fully saturated rings. The molecule has 1 atom stereocenters. The number of sulfone groups is 1. The molecule has 0 unspecified atom stereocenters. The molecule has 0 bridgehead atoms. The quantitative estimate of drug-likeness (QED) is 0.710. The zero-order valence-electron chi connectivity index (χ0n) is 14.5. The second kappa shape index (κ2) is 7.03. The lowest BCUT2D eigenvalue weighted by atomic mass is 10.0. The van der Waals surface area contributed by atoms with Crippen LogP contribution < -0.4 is 0 Å². The predicted octanol–water partition coefficient (Wildman–Crippen LogP) is 3.29. The monoisotopic (exact) mass is 367 g/mol. The van der Waals surface area contributed by atoms with Crippen LogP contribution >= 0.6 is 0 Å². The van der Waals surface area contributed by atoms with E-state index < -0.39 is 9.84 Å². The molecule has 5 nitrogen and oxygen atoms in total. The lowest BCUT2D eigenvalue weighted by Gasteiger charge is -2.21. The van der Waals surface area contributed by atoms with E-state index in [9.17, 15) is 8.42 Å². The number of nitrogens with zero attached hydrogens (tertiary/aromatic N) is 3. The molecule has 26 heavy (non-hydrogen) atoms. The Morgan fingerprint density at radius 1 is 1.00 bits per heavy atom. The molecule has 0 radical (unpaired) electrons. The Kier molecular flexibility index (Phi) is 4.59. The summed E-state index contributed by atoms with van der Waals surface area (Å²) in [5, 5.41) is 4.71. The fourth-order valence-electron chi connectivity index (χ4n) is 3.46. The molecule has 2 aromatic carbocycles. The van der Waals surface area contributed by atoms with Crippen molar-refractivity contribution in [3.8, 4) is 11.4 Å². The van der Waals surface area contributed by atoms with Crippen LogP contribution in [-0.4, -0.2) is 34.7 Å². The maximum absolute atomic E-state index is 12.1. The zero-order valence-corrected chi connectivity index (χ0v) is 15.3. The summed E-state index contributed by atoms with van der Waals surface area (Å²) < 4.78 is 26.1. The van der Waals surface area contributed by atoms with Gasteiger partial charge < -0.3 is 0 Å². The summed E-state index contributed by atoms with van der Waals surface area (Å²) in [4.78, 5) is 4.75. The van der Waals surface area contributed by atoms with Crippen molar-refractivity contribution in [3.05, 3.63) is 72.1 Å². The summed E-state index contributed by atoms with van der Waals surface area (Å²) in [6, 6.07) is 19.9. The van der Waals surface area contributed by atoms with Gasteiger partial charge in [-0.05, 0) is 18.4 Å². The summed E-state index contributed by atoms with van der Waals surface area (Å²) in [6.45, 7) is 0.590. The first-order chi connectivity index (χ1) is 12.6. The Morgan fingerprint density at radius 2 is 1.69 bits per heavy atom. The number of hydrogen-bond donors (Lipinski definition) is 0. The lowest BCUT2D eigenvalue weighted by molar-refractivity contribution is 0.519. The van der Waals surface area contributed by atoms with Crippen molar-refractivity contribution in [3.63, 3.8) is 0 Å². The Balaban J connectivity index is 1.74. The van der Waals surface area contributed by atoms with Gasteiger partial charge in [-0.2, -0.15) is 5.10 Å². The highest BCUT2D eigenvalue weighted by Crippen LogP contribution is 2.29. The van der Waals surface area contributed by atoms with E-state index in [2.05, 4.69) is 0 Å². The third-order valence-electron chi connectivity index (χ3n) is 4.74.